The first-order chi connectivity index (χ1) is 17.2. The minimum atomic E-state index is -3.98. The van der Waals surface area contributed by atoms with E-state index in [1.165, 1.54) is 35.9 Å². The van der Waals surface area contributed by atoms with E-state index in [0.717, 1.165) is 22.1 Å². The summed E-state index contributed by atoms with van der Waals surface area (Å²) in [5.74, 6) is -1.49. The molecule has 0 saturated heterocycles. The van der Waals surface area contributed by atoms with Crippen molar-refractivity contribution in [2.24, 2.45) is 10.1 Å². The Labute approximate surface area is 206 Å². The van der Waals surface area contributed by atoms with Gasteiger partial charge >= 0.3 is 11.6 Å². The highest BCUT2D eigenvalue weighted by Crippen LogP contribution is 2.25. The summed E-state index contributed by atoms with van der Waals surface area (Å²) < 4.78 is 35.5. The molecule has 0 spiro atoms. The van der Waals surface area contributed by atoms with Crippen molar-refractivity contribution in [3.8, 4) is 0 Å². The van der Waals surface area contributed by atoms with Crippen molar-refractivity contribution in [2.45, 2.75) is 11.4 Å². The molecule has 0 atom stereocenters. The molecule has 5 aromatic rings. The quantitative estimate of drug-likeness (QED) is 0.216. The maximum atomic E-state index is 13.2. The van der Waals surface area contributed by atoms with Gasteiger partial charge < -0.3 is 13.7 Å². The number of sulfonamides is 1. The SMILES string of the molecule is COC(=O)Cn1c(=NC(=O)c2cc3c(ccc4ccccc43)oc2=O)sc2cc(S(N)(=O)=O)ccc21. The van der Waals surface area contributed by atoms with Gasteiger partial charge in [0.1, 0.15) is 17.7 Å². The first kappa shape index (κ1) is 23.6. The molecule has 0 aliphatic carbocycles. The standard InChI is InChI=1S/C24H17N3O7S2/c1-33-21(28)12-27-18-8-7-14(36(25,31)32)10-20(18)35-24(27)26-22(29)17-11-16-15-5-3-2-4-13(15)6-9-19(16)34-23(17)30/h2-11H,12H2,1H3,(H2,25,31,32). The lowest BCUT2D eigenvalue weighted by Crippen LogP contribution is -2.23. The third kappa shape index (κ3) is 4.21. The van der Waals surface area contributed by atoms with Crippen LogP contribution in [0.5, 0.6) is 0 Å². The molecule has 1 amide bonds. The van der Waals surface area contributed by atoms with Crippen molar-refractivity contribution in [3.63, 3.8) is 0 Å². The Morgan fingerprint density at radius 3 is 2.61 bits per heavy atom. The summed E-state index contributed by atoms with van der Waals surface area (Å²) in [6.07, 6.45) is 0. The van der Waals surface area contributed by atoms with Crippen molar-refractivity contribution in [3.05, 3.63) is 81.4 Å². The number of fused-ring (bicyclic) bond motifs is 4. The van der Waals surface area contributed by atoms with Crippen LogP contribution in [0.1, 0.15) is 10.4 Å². The number of carbonyl (C=O) groups is 2. The fraction of sp³-hybridized carbons (Fsp3) is 0.0833. The largest absolute Gasteiger partial charge is 0.468 e. The number of nitrogens with zero attached hydrogens (tertiary/aromatic N) is 2. The zero-order valence-corrected chi connectivity index (χ0v) is 20.3. The van der Waals surface area contributed by atoms with Crippen LogP contribution in [0.3, 0.4) is 0 Å². The first-order valence-corrected chi connectivity index (χ1v) is 12.8. The van der Waals surface area contributed by atoms with Crippen LogP contribution in [0.25, 0.3) is 32.0 Å². The number of hydrogen-bond acceptors (Lipinski definition) is 8. The lowest BCUT2D eigenvalue weighted by Gasteiger charge is -2.05. The number of aromatic nitrogens is 1. The Balaban J connectivity index is 1.71. The van der Waals surface area contributed by atoms with E-state index in [9.17, 15) is 22.8 Å². The van der Waals surface area contributed by atoms with Crippen LogP contribution in [0.15, 0.2) is 79.8 Å². The van der Waals surface area contributed by atoms with E-state index in [1.807, 2.05) is 30.3 Å². The fourth-order valence-electron chi connectivity index (χ4n) is 3.83. The number of hydrogen-bond donors (Lipinski definition) is 1. The van der Waals surface area contributed by atoms with Crippen molar-refractivity contribution >= 4 is 65.2 Å². The summed E-state index contributed by atoms with van der Waals surface area (Å²) >= 11 is 0.957. The van der Waals surface area contributed by atoms with Gasteiger partial charge in [-0.3, -0.25) is 9.59 Å². The topological polar surface area (TPSA) is 151 Å². The summed E-state index contributed by atoms with van der Waals surface area (Å²) in [4.78, 5) is 41.8. The number of nitrogens with two attached hydrogens (primary N) is 1. The number of carbonyl (C=O) groups excluding carboxylic acids is 2. The van der Waals surface area contributed by atoms with E-state index in [4.69, 9.17) is 14.3 Å². The summed E-state index contributed by atoms with van der Waals surface area (Å²) in [5, 5.41) is 7.50. The number of rotatable bonds is 4. The monoisotopic (exact) mass is 523 g/mol. The molecule has 0 unspecified atom stereocenters. The molecule has 12 heteroatoms. The number of ether oxygens (including phenoxy) is 1. The van der Waals surface area contributed by atoms with E-state index in [1.54, 1.807) is 6.07 Å². The maximum Gasteiger partial charge on any atom is 0.349 e. The summed E-state index contributed by atoms with van der Waals surface area (Å²) in [6.45, 7) is -0.297. The van der Waals surface area contributed by atoms with Gasteiger partial charge in [-0.15, -0.1) is 0 Å². The Morgan fingerprint density at radius 1 is 1.08 bits per heavy atom. The molecule has 2 heterocycles. The van der Waals surface area contributed by atoms with Gasteiger partial charge in [0.2, 0.25) is 10.0 Å². The number of primary sulfonamides is 1. The molecular weight excluding hydrogens is 506 g/mol. The zero-order valence-electron chi connectivity index (χ0n) is 18.6. The molecule has 0 saturated carbocycles. The number of benzene rings is 3. The Morgan fingerprint density at radius 2 is 1.86 bits per heavy atom. The lowest BCUT2D eigenvalue weighted by molar-refractivity contribution is -0.141. The second kappa shape index (κ2) is 8.82. The minimum absolute atomic E-state index is 0.0596. The molecule has 0 aliphatic heterocycles. The highest BCUT2D eigenvalue weighted by molar-refractivity contribution is 7.89. The molecule has 3 aromatic carbocycles. The molecule has 2 N–H and O–H groups in total. The Hall–Kier alpha value is -4.13. The van der Waals surface area contributed by atoms with Crippen molar-refractivity contribution in [1.82, 2.24) is 4.57 Å². The lowest BCUT2D eigenvalue weighted by atomic mass is 10.0. The fourth-order valence-corrected chi connectivity index (χ4v) is 5.51. The predicted molar refractivity (Wildman–Crippen MR) is 133 cm³/mol. The maximum absolute atomic E-state index is 13.2. The summed E-state index contributed by atoms with van der Waals surface area (Å²) in [7, 11) is -2.77. The van der Waals surface area contributed by atoms with E-state index in [0.29, 0.717) is 21.2 Å². The normalized spacial score (nSPS) is 12.4. The molecule has 0 radical (unpaired) electrons. The molecule has 182 valence electrons. The van der Waals surface area contributed by atoms with Crippen LogP contribution in [0.4, 0.5) is 0 Å². The van der Waals surface area contributed by atoms with Gasteiger partial charge in [-0.1, -0.05) is 41.7 Å². The average molecular weight is 524 g/mol. The number of esters is 1. The second-order valence-corrected chi connectivity index (χ2v) is 10.4. The van der Waals surface area contributed by atoms with Crippen molar-refractivity contribution in [1.29, 1.82) is 0 Å². The Bertz CT molecular complexity index is 1950. The second-order valence-electron chi connectivity index (χ2n) is 7.78. The highest BCUT2D eigenvalue weighted by Gasteiger charge is 2.18. The van der Waals surface area contributed by atoms with Gasteiger partial charge in [0.05, 0.1) is 22.2 Å². The third-order valence-electron chi connectivity index (χ3n) is 5.57. The molecule has 36 heavy (non-hydrogen) atoms. The molecule has 2 aromatic heterocycles. The average Bonchev–Trinajstić information content (AvgIpc) is 3.18. The molecule has 0 bridgehead atoms. The van der Waals surface area contributed by atoms with Crippen LogP contribution in [-0.4, -0.2) is 32.0 Å². The third-order valence-corrected chi connectivity index (χ3v) is 7.52. The summed E-state index contributed by atoms with van der Waals surface area (Å²) in [6, 6.07) is 16.4. The van der Waals surface area contributed by atoms with Gasteiger partial charge in [-0.05, 0) is 41.1 Å². The predicted octanol–water partition coefficient (Wildman–Crippen LogP) is 2.52. The van der Waals surface area contributed by atoms with Crippen LogP contribution in [-0.2, 0) is 26.1 Å². The number of amides is 1. The van der Waals surface area contributed by atoms with Gasteiger partial charge in [0.25, 0.3) is 5.91 Å². The zero-order chi connectivity index (χ0) is 25.6. The number of thiazole rings is 1. The van der Waals surface area contributed by atoms with E-state index >= 15 is 0 Å². The number of methoxy groups -OCH3 is 1. The van der Waals surface area contributed by atoms with E-state index in [-0.39, 0.29) is 21.8 Å². The molecule has 5 rings (SSSR count). The smallest absolute Gasteiger partial charge is 0.349 e. The van der Waals surface area contributed by atoms with Gasteiger partial charge in [-0.2, -0.15) is 4.99 Å². The molecular formula is C24H17N3O7S2. The molecule has 10 nitrogen and oxygen atoms in total. The highest BCUT2D eigenvalue weighted by atomic mass is 32.2. The molecule has 0 aliphatic rings. The van der Waals surface area contributed by atoms with Gasteiger partial charge in [0.15, 0.2) is 4.80 Å². The van der Waals surface area contributed by atoms with Crippen molar-refractivity contribution < 1.29 is 27.2 Å². The van der Waals surface area contributed by atoms with Crippen molar-refractivity contribution in [2.75, 3.05) is 7.11 Å². The van der Waals surface area contributed by atoms with E-state index < -0.39 is 27.5 Å². The van der Waals surface area contributed by atoms with Gasteiger partial charge in [-0.25, -0.2) is 18.4 Å². The van der Waals surface area contributed by atoms with E-state index in [2.05, 4.69) is 4.99 Å². The first-order valence-electron chi connectivity index (χ1n) is 10.4. The van der Waals surface area contributed by atoms with Crippen LogP contribution in [0.2, 0.25) is 0 Å². The minimum Gasteiger partial charge on any atom is -0.468 e. The van der Waals surface area contributed by atoms with Crippen LogP contribution < -0.4 is 15.6 Å². The Kier molecular flexibility index (Phi) is 5.79. The van der Waals surface area contributed by atoms with Crippen LogP contribution in [0, 0.1) is 0 Å². The van der Waals surface area contributed by atoms with Crippen LogP contribution >= 0.6 is 11.3 Å². The molecule has 0 fully saturated rings. The van der Waals surface area contributed by atoms with Gasteiger partial charge in [0, 0.05) is 5.39 Å². The summed E-state index contributed by atoms with van der Waals surface area (Å²) in [5.41, 5.74) is -0.385.